The monoisotopic (exact) mass is 826 g/mol. The molecule has 0 heterocycles. The van der Waals surface area contributed by atoms with Crippen molar-refractivity contribution in [1.82, 2.24) is 0 Å². The van der Waals surface area contributed by atoms with Crippen LogP contribution in [-0.4, -0.2) is 71.7 Å². The van der Waals surface area contributed by atoms with Gasteiger partial charge in [-0.1, -0.05) is 158 Å². The second-order valence-electron chi connectivity index (χ2n) is 14.6. The summed E-state index contributed by atoms with van der Waals surface area (Å²) in [4.78, 5) is 34.9. The van der Waals surface area contributed by atoms with Crippen LogP contribution in [0.2, 0.25) is 0 Å². The molecule has 0 saturated carbocycles. The molecule has 0 aromatic rings. The summed E-state index contributed by atoms with van der Waals surface area (Å²) in [5.41, 5.74) is 5.33. The topological polar surface area (TPSA) is 175 Å². The Morgan fingerprint density at radius 1 is 0.614 bits per heavy atom. The fraction of sp³-hybridized carbons (Fsp3) is 0.733. The van der Waals surface area contributed by atoms with Crippen LogP contribution >= 0.6 is 7.82 Å². The van der Waals surface area contributed by atoms with Crippen molar-refractivity contribution in [3.63, 3.8) is 0 Å². The first kappa shape index (κ1) is 54.6. The SMILES string of the molecule is CCCCCCCC/C=C\CCCCCCCCCC(=O)O[C@H](COC(=O)CCC[C@@H](O)/C=C/C=C\C/C=C\C=C\[C@@H](O)CCCCC)COP(=O)(O)OCCN. The molecule has 12 heteroatoms. The maximum Gasteiger partial charge on any atom is 0.472 e. The number of esters is 2. The number of hydrogen-bond acceptors (Lipinski definition) is 10. The molecule has 330 valence electrons. The molecule has 0 fully saturated rings. The van der Waals surface area contributed by atoms with E-state index in [0.29, 0.717) is 25.7 Å². The number of unbranched alkanes of at least 4 members (excludes halogenated alkanes) is 15. The summed E-state index contributed by atoms with van der Waals surface area (Å²) in [7, 11) is -4.44. The lowest BCUT2D eigenvalue weighted by Gasteiger charge is -2.20. The van der Waals surface area contributed by atoms with Crippen LogP contribution in [0.3, 0.4) is 0 Å². The van der Waals surface area contributed by atoms with Crippen molar-refractivity contribution in [2.45, 2.75) is 186 Å². The van der Waals surface area contributed by atoms with Gasteiger partial charge in [-0.3, -0.25) is 18.6 Å². The highest BCUT2D eigenvalue weighted by Crippen LogP contribution is 2.43. The molecule has 0 saturated heterocycles. The summed E-state index contributed by atoms with van der Waals surface area (Å²) in [6.45, 7) is 3.35. The Morgan fingerprint density at radius 2 is 1.12 bits per heavy atom. The molecular formula is C45H80NO10P. The van der Waals surface area contributed by atoms with Crippen molar-refractivity contribution in [2.75, 3.05) is 26.4 Å². The van der Waals surface area contributed by atoms with Crippen molar-refractivity contribution < 1.29 is 47.8 Å². The van der Waals surface area contributed by atoms with Gasteiger partial charge in [0, 0.05) is 19.4 Å². The molecule has 0 aliphatic carbocycles. The molecular weight excluding hydrogens is 745 g/mol. The molecule has 57 heavy (non-hydrogen) atoms. The van der Waals surface area contributed by atoms with E-state index in [-0.39, 0.29) is 32.6 Å². The van der Waals surface area contributed by atoms with Crippen LogP contribution in [-0.2, 0) is 32.7 Å². The van der Waals surface area contributed by atoms with E-state index in [2.05, 4.69) is 26.0 Å². The fourth-order valence-corrected chi connectivity index (χ4v) is 6.49. The minimum absolute atomic E-state index is 0.0177. The van der Waals surface area contributed by atoms with Crippen LogP contribution in [0.25, 0.3) is 0 Å². The van der Waals surface area contributed by atoms with Crippen molar-refractivity contribution in [3.8, 4) is 0 Å². The van der Waals surface area contributed by atoms with E-state index in [4.69, 9.17) is 24.3 Å². The Hall–Kier alpha value is -2.37. The van der Waals surface area contributed by atoms with Gasteiger partial charge < -0.3 is 30.3 Å². The summed E-state index contributed by atoms with van der Waals surface area (Å²) in [6.07, 6.45) is 40.3. The Morgan fingerprint density at radius 3 is 1.70 bits per heavy atom. The van der Waals surface area contributed by atoms with Gasteiger partial charge in [-0.2, -0.15) is 0 Å². The van der Waals surface area contributed by atoms with E-state index in [0.717, 1.165) is 51.4 Å². The molecule has 0 aliphatic heterocycles. The number of nitrogens with two attached hydrogens (primary N) is 1. The third kappa shape index (κ3) is 40.2. The summed E-state index contributed by atoms with van der Waals surface area (Å²) in [6, 6.07) is 0. The predicted octanol–water partition coefficient (Wildman–Crippen LogP) is 10.4. The van der Waals surface area contributed by atoms with Gasteiger partial charge in [-0.05, 0) is 57.8 Å². The molecule has 0 aliphatic rings. The predicted molar refractivity (Wildman–Crippen MR) is 231 cm³/mol. The molecule has 11 nitrogen and oxygen atoms in total. The maximum absolute atomic E-state index is 12.6. The Bertz CT molecular complexity index is 1150. The maximum atomic E-state index is 12.6. The highest BCUT2D eigenvalue weighted by atomic mass is 31.2. The Kier molecular flexibility index (Phi) is 38.7. The number of carbonyl (C=O) groups excluding carboxylic acids is 2. The fourth-order valence-electron chi connectivity index (χ4n) is 5.72. The molecule has 0 bridgehead atoms. The van der Waals surface area contributed by atoms with E-state index < -0.39 is 44.7 Å². The van der Waals surface area contributed by atoms with Gasteiger partial charge in [-0.25, -0.2) is 4.57 Å². The molecule has 0 amide bonds. The highest BCUT2D eigenvalue weighted by molar-refractivity contribution is 7.47. The summed E-state index contributed by atoms with van der Waals surface area (Å²) >= 11 is 0. The molecule has 0 aromatic carbocycles. The van der Waals surface area contributed by atoms with Gasteiger partial charge in [0.15, 0.2) is 6.10 Å². The van der Waals surface area contributed by atoms with Gasteiger partial charge in [-0.15, -0.1) is 0 Å². The third-order valence-corrected chi connectivity index (χ3v) is 10.1. The van der Waals surface area contributed by atoms with Gasteiger partial charge in [0.2, 0.25) is 0 Å². The number of carbonyl (C=O) groups is 2. The van der Waals surface area contributed by atoms with Crippen LogP contribution < -0.4 is 5.73 Å². The van der Waals surface area contributed by atoms with Crippen molar-refractivity contribution in [1.29, 1.82) is 0 Å². The molecule has 0 aromatic heterocycles. The van der Waals surface area contributed by atoms with Crippen LogP contribution in [0, 0.1) is 0 Å². The first-order valence-electron chi connectivity index (χ1n) is 22.0. The second kappa shape index (κ2) is 40.4. The Labute approximate surface area is 345 Å². The standard InChI is InChI=1S/C45H80NO10P/c1-3-5-7-8-9-10-11-12-13-14-15-16-17-18-22-25-29-35-45(50)56-43(40-55-57(51,52)54-38-37-46)39-53-44(49)36-30-34-42(48)33-28-24-21-19-20-23-27-32-41(47)31-26-6-4-2/h12-13,20-21,23-24,27-28,32-33,41-43,47-48H,3-11,14-19,22,25-26,29-31,34-40,46H2,1-2H3,(H,51,52)/b13-12-,23-20-,24-21-,32-27+,33-28+/t41-,42-,43+/m0/s1. The third-order valence-electron chi connectivity index (χ3n) is 9.08. The molecule has 0 radical (unpaired) electrons. The first-order valence-corrected chi connectivity index (χ1v) is 23.5. The highest BCUT2D eigenvalue weighted by Gasteiger charge is 2.26. The smallest absolute Gasteiger partial charge is 0.462 e. The van der Waals surface area contributed by atoms with Crippen molar-refractivity contribution in [3.05, 3.63) is 60.8 Å². The number of aliphatic hydroxyl groups is 2. The van der Waals surface area contributed by atoms with E-state index in [1.807, 2.05) is 30.4 Å². The first-order chi connectivity index (χ1) is 27.6. The normalized spacial score (nSPS) is 15.0. The van der Waals surface area contributed by atoms with Crippen LogP contribution in [0.15, 0.2) is 60.8 Å². The number of phosphoric acid groups is 1. The van der Waals surface area contributed by atoms with E-state index in [1.165, 1.54) is 64.2 Å². The number of phosphoric ester groups is 1. The van der Waals surface area contributed by atoms with E-state index in [9.17, 15) is 29.3 Å². The van der Waals surface area contributed by atoms with E-state index >= 15 is 0 Å². The zero-order valence-electron chi connectivity index (χ0n) is 35.5. The Balaban J connectivity index is 4.39. The average Bonchev–Trinajstić information content (AvgIpc) is 3.18. The van der Waals surface area contributed by atoms with Gasteiger partial charge in [0.1, 0.15) is 6.61 Å². The molecule has 4 atom stereocenters. The van der Waals surface area contributed by atoms with Crippen molar-refractivity contribution >= 4 is 19.8 Å². The second-order valence-corrected chi connectivity index (χ2v) is 16.1. The summed E-state index contributed by atoms with van der Waals surface area (Å²) in [5.74, 6) is -1.06. The number of hydrogen-bond donors (Lipinski definition) is 4. The zero-order chi connectivity index (χ0) is 42.1. The lowest BCUT2D eigenvalue weighted by Crippen LogP contribution is -2.29. The lowest BCUT2D eigenvalue weighted by molar-refractivity contribution is -0.161. The lowest BCUT2D eigenvalue weighted by atomic mass is 10.1. The van der Waals surface area contributed by atoms with Crippen LogP contribution in [0.5, 0.6) is 0 Å². The minimum atomic E-state index is -4.44. The summed E-state index contributed by atoms with van der Waals surface area (Å²) in [5, 5.41) is 20.1. The largest absolute Gasteiger partial charge is 0.472 e. The average molecular weight is 826 g/mol. The number of allylic oxidation sites excluding steroid dienone is 8. The quantitative estimate of drug-likeness (QED) is 0.0152. The van der Waals surface area contributed by atoms with E-state index in [1.54, 1.807) is 18.2 Å². The number of rotatable bonds is 40. The number of aliphatic hydroxyl groups excluding tert-OH is 2. The molecule has 0 rings (SSSR count). The molecule has 0 spiro atoms. The van der Waals surface area contributed by atoms with Gasteiger partial charge in [0.25, 0.3) is 0 Å². The zero-order valence-corrected chi connectivity index (χ0v) is 36.4. The van der Waals surface area contributed by atoms with Crippen LogP contribution in [0.4, 0.5) is 0 Å². The minimum Gasteiger partial charge on any atom is -0.462 e. The van der Waals surface area contributed by atoms with Gasteiger partial charge >= 0.3 is 19.8 Å². The van der Waals surface area contributed by atoms with Gasteiger partial charge in [0.05, 0.1) is 25.4 Å². The molecule has 5 N–H and O–H groups in total. The number of ether oxygens (including phenoxy) is 2. The summed E-state index contributed by atoms with van der Waals surface area (Å²) < 4.78 is 32.6. The molecule has 1 unspecified atom stereocenters. The van der Waals surface area contributed by atoms with Crippen molar-refractivity contribution in [2.24, 2.45) is 5.73 Å². The van der Waals surface area contributed by atoms with Crippen LogP contribution in [0.1, 0.15) is 168 Å².